The number of benzene rings is 2. The van der Waals surface area contributed by atoms with Gasteiger partial charge in [0, 0.05) is 30.0 Å². The molecule has 0 aliphatic carbocycles. The zero-order chi connectivity index (χ0) is 25.6. The number of Topliss-reactive ketones (excluding diaryl/α,β-unsaturated/α-hetero) is 1. The van der Waals surface area contributed by atoms with Crippen molar-refractivity contribution in [1.82, 2.24) is 9.97 Å². The maximum absolute atomic E-state index is 13.7. The molecule has 0 saturated heterocycles. The molecular weight excluding hydrogens is 470 g/mol. The minimum absolute atomic E-state index is 0.00904. The Labute approximate surface area is 203 Å². The number of carboxylic acid groups (broad SMARTS) is 1. The molecule has 0 spiro atoms. The first-order chi connectivity index (χ1) is 16.6. The maximum Gasteiger partial charge on any atom is 0.310 e. The zero-order valence-electron chi connectivity index (χ0n) is 19.9. The van der Waals surface area contributed by atoms with Crippen LogP contribution < -0.4 is 0 Å². The van der Waals surface area contributed by atoms with E-state index in [0.717, 1.165) is 16.8 Å². The number of aliphatic carboxylic acids is 1. The summed E-state index contributed by atoms with van der Waals surface area (Å²) in [7, 11) is -2.19. The van der Waals surface area contributed by atoms with Crippen molar-refractivity contribution < 1.29 is 28.2 Å². The summed E-state index contributed by atoms with van der Waals surface area (Å²) < 4.78 is 32.2. The molecule has 184 valence electrons. The van der Waals surface area contributed by atoms with Gasteiger partial charge in [-0.05, 0) is 36.6 Å². The molecule has 0 saturated carbocycles. The molecule has 0 radical (unpaired) electrons. The summed E-state index contributed by atoms with van der Waals surface area (Å²) in [6.07, 6.45) is -0.917. The lowest BCUT2D eigenvalue weighted by Gasteiger charge is -2.20. The Morgan fingerprint density at radius 2 is 1.69 bits per heavy atom. The van der Waals surface area contributed by atoms with E-state index in [1.54, 1.807) is 12.1 Å². The fourth-order valence-electron chi connectivity index (χ4n) is 3.80. The van der Waals surface area contributed by atoms with Gasteiger partial charge in [0.25, 0.3) is 0 Å². The topological polar surface area (TPSA) is 106 Å². The average Bonchev–Trinajstić information content (AvgIpc) is 2.82. The number of carbonyl (C=O) groups excluding carboxylic acids is 1. The first-order valence-electron chi connectivity index (χ1n) is 11.2. The molecule has 1 aromatic heterocycles. The number of ketones is 1. The van der Waals surface area contributed by atoms with Gasteiger partial charge in [0.15, 0.2) is 11.6 Å². The van der Waals surface area contributed by atoms with E-state index < -0.39 is 31.7 Å². The lowest BCUT2D eigenvalue weighted by atomic mass is 9.96. The normalized spacial score (nSPS) is 12.9. The van der Waals surface area contributed by atoms with E-state index >= 15 is 0 Å². The van der Waals surface area contributed by atoms with Crippen LogP contribution in [-0.2, 0) is 25.1 Å². The molecule has 9 heteroatoms. The van der Waals surface area contributed by atoms with Crippen LogP contribution >= 0.6 is 7.37 Å². The van der Waals surface area contributed by atoms with Crippen LogP contribution in [-0.4, -0.2) is 46.3 Å². The van der Waals surface area contributed by atoms with Crippen LogP contribution in [0.3, 0.4) is 0 Å². The van der Waals surface area contributed by atoms with Gasteiger partial charge in [-0.15, -0.1) is 0 Å². The van der Waals surface area contributed by atoms with E-state index in [2.05, 4.69) is 0 Å². The monoisotopic (exact) mass is 498 g/mol. The second-order valence-corrected chi connectivity index (χ2v) is 11.3. The SMILES string of the molecule is COP(=O)(CCc1c(-c2ccc(F)cc2)nc(-c2ccccc2)nc1C(C)C)CC(=O)CC(=O)O. The van der Waals surface area contributed by atoms with Crippen molar-refractivity contribution in [3.05, 3.63) is 71.7 Å². The second-order valence-electron chi connectivity index (χ2n) is 8.53. The Balaban J connectivity index is 2.08. The van der Waals surface area contributed by atoms with Crippen molar-refractivity contribution >= 4 is 19.1 Å². The number of hydrogen-bond acceptors (Lipinski definition) is 6. The highest BCUT2D eigenvalue weighted by atomic mass is 31.2. The minimum atomic E-state index is -3.45. The summed E-state index contributed by atoms with van der Waals surface area (Å²) in [5, 5.41) is 8.87. The molecule has 2 aromatic carbocycles. The van der Waals surface area contributed by atoms with E-state index in [9.17, 15) is 18.5 Å². The van der Waals surface area contributed by atoms with E-state index in [4.69, 9.17) is 19.6 Å². The van der Waals surface area contributed by atoms with Crippen LogP contribution in [0.1, 0.15) is 37.4 Å². The van der Waals surface area contributed by atoms with E-state index in [0.29, 0.717) is 17.1 Å². The van der Waals surface area contributed by atoms with Gasteiger partial charge in [0.1, 0.15) is 12.2 Å². The number of rotatable bonds is 11. The van der Waals surface area contributed by atoms with E-state index in [1.165, 1.54) is 19.2 Å². The van der Waals surface area contributed by atoms with Crippen LogP contribution in [0.4, 0.5) is 4.39 Å². The van der Waals surface area contributed by atoms with Crippen molar-refractivity contribution in [3.63, 3.8) is 0 Å². The van der Waals surface area contributed by atoms with Crippen molar-refractivity contribution in [2.24, 2.45) is 0 Å². The maximum atomic E-state index is 13.7. The Hall–Kier alpha value is -3.22. The summed E-state index contributed by atoms with van der Waals surface area (Å²) in [6, 6.07) is 15.5. The smallest absolute Gasteiger partial charge is 0.310 e. The molecule has 0 bridgehead atoms. The number of nitrogens with zero attached hydrogens (tertiary/aromatic N) is 2. The van der Waals surface area contributed by atoms with Gasteiger partial charge in [-0.2, -0.15) is 0 Å². The van der Waals surface area contributed by atoms with Crippen molar-refractivity contribution in [2.75, 3.05) is 19.4 Å². The highest BCUT2D eigenvalue weighted by molar-refractivity contribution is 7.59. The first-order valence-corrected chi connectivity index (χ1v) is 13.2. The number of carbonyl (C=O) groups is 2. The third-order valence-electron chi connectivity index (χ3n) is 5.54. The Morgan fingerprint density at radius 3 is 2.26 bits per heavy atom. The first kappa shape index (κ1) is 26.4. The van der Waals surface area contributed by atoms with Crippen molar-refractivity contribution in [1.29, 1.82) is 0 Å². The van der Waals surface area contributed by atoms with Crippen molar-refractivity contribution in [2.45, 2.75) is 32.6 Å². The molecule has 35 heavy (non-hydrogen) atoms. The fraction of sp³-hybridized carbons (Fsp3) is 0.308. The predicted molar refractivity (Wildman–Crippen MR) is 132 cm³/mol. The molecule has 7 nitrogen and oxygen atoms in total. The quantitative estimate of drug-likeness (QED) is 0.272. The van der Waals surface area contributed by atoms with Gasteiger partial charge >= 0.3 is 5.97 Å². The molecule has 0 fully saturated rings. The third kappa shape index (κ3) is 6.90. The molecule has 1 heterocycles. The van der Waals surface area contributed by atoms with E-state index in [-0.39, 0.29) is 24.3 Å². The van der Waals surface area contributed by atoms with Crippen molar-refractivity contribution in [3.8, 4) is 22.6 Å². The average molecular weight is 498 g/mol. The number of halogens is 1. The molecule has 1 atom stereocenters. The number of carboxylic acids is 1. The molecule has 3 rings (SSSR count). The van der Waals surface area contributed by atoms with Crippen LogP contribution in [0.25, 0.3) is 22.6 Å². The molecule has 1 N–H and O–H groups in total. The standard InChI is InChI=1S/C26H28FN2O5P/c1-17(2)24-22(13-14-35(33,34-3)16-21(30)15-23(31)32)25(18-9-11-20(27)12-10-18)29-26(28-24)19-7-5-4-6-8-19/h4-12,17H,13-16H2,1-3H3,(H,31,32). The highest BCUT2D eigenvalue weighted by Gasteiger charge is 2.28. The van der Waals surface area contributed by atoms with Gasteiger partial charge in [0.05, 0.1) is 17.5 Å². The predicted octanol–water partition coefficient (Wildman–Crippen LogP) is 5.58. The molecule has 1 unspecified atom stereocenters. The zero-order valence-corrected chi connectivity index (χ0v) is 20.8. The largest absolute Gasteiger partial charge is 0.481 e. The molecule has 0 aliphatic heterocycles. The number of hydrogen-bond donors (Lipinski definition) is 1. The summed E-state index contributed by atoms with van der Waals surface area (Å²) in [4.78, 5) is 32.5. The van der Waals surface area contributed by atoms with Crippen LogP contribution in [0.2, 0.25) is 0 Å². The van der Waals surface area contributed by atoms with Gasteiger partial charge in [-0.1, -0.05) is 44.2 Å². The van der Waals surface area contributed by atoms with Crippen LogP contribution in [0.5, 0.6) is 0 Å². The highest BCUT2D eigenvalue weighted by Crippen LogP contribution is 2.47. The summed E-state index contributed by atoms with van der Waals surface area (Å²) in [5.74, 6) is -1.80. The van der Waals surface area contributed by atoms with Gasteiger partial charge in [-0.3, -0.25) is 14.2 Å². The van der Waals surface area contributed by atoms with Crippen LogP contribution in [0, 0.1) is 5.82 Å². The third-order valence-corrected chi connectivity index (χ3v) is 7.94. The van der Waals surface area contributed by atoms with Crippen LogP contribution in [0.15, 0.2) is 54.6 Å². The molecule has 0 amide bonds. The number of aromatic nitrogens is 2. The van der Waals surface area contributed by atoms with E-state index in [1.807, 2.05) is 44.2 Å². The summed E-state index contributed by atoms with van der Waals surface area (Å²) in [5.41, 5.74) is 3.57. The summed E-state index contributed by atoms with van der Waals surface area (Å²) in [6.45, 7) is 3.97. The van der Waals surface area contributed by atoms with Gasteiger partial charge in [0.2, 0.25) is 7.37 Å². The molecular formula is C26H28FN2O5P. The Kier molecular flexibility index (Phi) is 8.65. The van der Waals surface area contributed by atoms with Gasteiger partial charge in [-0.25, -0.2) is 14.4 Å². The second kappa shape index (κ2) is 11.5. The minimum Gasteiger partial charge on any atom is -0.481 e. The molecule has 3 aromatic rings. The lowest BCUT2D eigenvalue weighted by Crippen LogP contribution is -2.15. The fourth-order valence-corrected chi connectivity index (χ4v) is 5.48. The van der Waals surface area contributed by atoms with Gasteiger partial charge < -0.3 is 9.63 Å². The Morgan fingerprint density at radius 1 is 1.03 bits per heavy atom. The molecule has 0 aliphatic rings. The lowest BCUT2D eigenvalue weighted by molar-refractivity contribution is -0.139. The Bertz CT molecular complexity index is 1250. The summed E-state index contributed by atoms with van der Waals surface area (Å²) >= 11 is 0.